The van der Waals surface area contributed by atoms with E-state index in [1.54, 1.807) is 6.92 Å². The number of hydrogen-bond donors (Lipinski definition) is 1. The van der Waals surface area contributed by atoms with Gasteiger partial charge in [0.15, 0.2) is 0 Å². The lowest BCUT2D eigenvalue weighted by atomic mass is 10.2. The lowest BCUT2D eigenvalue weighted by molar-refractivity contribution is -0.119. The minimum atomic E-state index is 0.0451. The molecule has 1 aliphatic heterocycles. The fourth-order valence-electron chi connectivity index (χ4n) is 2.02. The number of amides is 1. The number of hydrogen-bond acceptors (Lipinski definition) is 3. The standard InChI is InChI=1S/C12H17N3O/c1-9-3-4-12(13-7-9)15-6-5-11(8-15)14-10(2)16/h3-4,7,11H,5-6,8H2,1-2H3,(H,14,16)/t11-/m1/s1. The molecule has 4 nitrogen and oxygen atoms in total. The van der Waals surface area contributed by atoms with Gasteiger partial charge in [-0.3, -0.25) is 4.79 Å². The van der Waals surface area contributed by atoms with E-state index in [0.717, 1.165) is 25.3 Å². The second-order valence-electron chi connectivity index (χ2n) is 4.33. The molecule has 1 atom stereocenters. The van der Waals surface area contributed by atoms with Crippen molar-refractivity contribution >= 4 is 11.7 Å². The number of carbonyl (C=O) groups is 1. The SMILES string of the molecule is CC(=O)N[C@@H]1CCN(c2ccc(C)cn2)C1. The van der Waals surface area contributed by atoms with Gasteiger partial charge in [0.2, 0.25) is 5.91 Å². The van der Waals surface area contributed by atoms with Crippen LogP contribution in [0.5, 0.6) is 0 Å². The molecule has 0 aliphatic carbocycles. The topological polar surface area (TPSA) is 45.2 Å². The Morgan fingerprint density at radius 3 is 3.00 bits per heavy atom. The van der Waals surface area contributed by atoms with Crippen LogP contribution in [0.25, 0.3) is 0 Å². The molecule has 0 radical (unpaired) electrons. The number of aryl methyl sites for hydroxylation is 1. The highest BCUT2D eigenvalue weighted by molar-refractivity contribution is 5.73. The molecule has 1 saturated heterocycles. The summed E-state index contributed by atoms with van der Waals surface area (Å²) in [6.07, 6.45) is 2.87. The van der Waals surface area contributed by atoms with Gasteiger partial charge < -0.3 is 10.2 Å². The Hall–Kier alpha value is -1.58. The zero-order valence-corrected chi connectivity index (χ0v) is 9.73. The van der Waals surface area contributed by atoms with E-state index < -0.39 is 0 Å². The Labute approximate surface area is 95.7 Å². The Bertz CT molecular complexity index is 374. The summed E-state index contributed by atoms with van der Waals surface area (Å²) in [6, 6.07) is 4.36. The molecule has 2 rings (SSSR count). The molecule has 0 aromatic carbocycles. The predicted molar refractivity (Wildman–Crippen MR) is 63.4 cm³/mol. The van der Waals surface area contributed by atoms with Gasteiger partial charge in [-0.15, -0.1) is 0 Å². The van der Waals surface area contributed by atoms with Crippen LogP contribution >= 0.6 is 0 Å². The van der Waals surface area contributed by atoms with Gasteiger partial charge >= 0.3 is 0 Å². The van der Waals surface area contributed by atoms with Crippen molar-refractivity contribution in [2.45, 2.75) is 26.3 Å². The van der Waals surface area contributed by atoms with Crippen molar-refractivity contribution in [3.05, 3.63) is 23.9 Å². The number of nitrogens with one attached hydrogen (secondary N) is 1. The van der Waals surface area contributed by atoms with Crippen LogP contribution in [0.4, 0.5) is 5.82 Å². The van der Waals surface area contributed by atoms with Crippen molar-refractivity contribution < 1.29 is 4.79 Å². The van der Waals surface area contributed by atoms with Crippen LogP contribution < -0.4 is 10.2 Å². The zero-order valence-electron chi connectivity index (χ0n) is 9.73. The summed E-state index contributed by atoms with van der Waals surface area (Å²) in [5, 5.41) is 2.94. The molecule has 16 heavy (non-hydrogen) atoms. The van der Waals surface area contributed by atoms with Crippen LogP contribution in [0.3, 0.4) is 0 Å². The highest BCUT2D eigenvalue weighted by Gasteiger charge is 2.23. The number of pyridine rings is 1. The third-order valence-corrected chi connectivity index (χ3v) is 2.82. The minimum absolute atomic E-state index is 0.0451. The summed E-state index contributed by atoms with van der Waals surface area (Å²) in [5.74, 6) is 1.04. The Morgan fingerprint density at radius 1 is 1.56 bits per heavy atom. The quantitative estimate of drug-likeness (QED) is 0.810. The molecule has 0 saturated carbocycles. The number of anilines is 1. The van der Waals surface area contributed by atoms with Crippen LogP contribution in [0, 0.1) is 6.92 Å². The molecule has 0 bridgehead atoms. The van der Waals surface area contributed by atoms with E-state index in [9.17, 15) is 4.79 Å². The van der Waals surface area contributed by atoms with E-state index >= 15 is 0 Å². The monoisotopic (exact) mass is 219 g/mol. The third-order valence-electron chi connectivity index (χ3n) is 2.82. The molecule has 0 spiro atoms. The molecule has 1 aromatic heterocycles. The molecule has 1 amide bonds. The van der Waals surface area contributed by atoms with E-state index in [4.69, 9.17) is 0 Å². The maximum Gasteiger partial charge on any atom is 0.217 e. The van der Waals surface area contributed by atoms with Gasteiger partial charge in [-0.05, 0) is 25.0 Å². The Kier molecular flexibility index (Phi) is 3.08. The summed E-state index contributed by atoms with van der Waals surface area (Å²) in [4.78, 5) is 17.5. The van der Waals surface area contributed by atoms with Gasteiger partial charge in [0.25, 0.3) is 0 Å². The van der Waals surface area contributed by atoms with Gasteiger partial charge in [0.05, 0.1) is 0 Å². The first-order valence-corrected chi connectivity index (χ1v) is 5.60. The van der Waals surface area contributed by atoms with Gasteiger partial charge in [0, 0.05) is 32.3 Å². The summed E-state index contributed by atoms with van der Waals surface area (Å²) in [7, 11) is 0. The number of aromatic nitrogens is 1. The third kappa shape index (κ3) is 2.51. The molecule has 1 N–H and O–H groups in total. The molecule has 86 valence electrons. The predicted octanol–water partition coefficient (Wildman–Crippen LogP) is 1.10. The molecule has 2 heterocycles. The smallest absolute Gasteiger partial charge is 0.217 e. The van der Waals surface area contributed by atoms with Crippen LogP contribution in [0.1, 0.15) is 18.9 Å². The first-order chi connectivity index (χ1) is 7.65. The number of rotatable bonds is 2. The Balaban J connectivity index is 1.98. The van der Waals surface area contributed by atoms with Crippen molar-refractivity contribution in [3.63, 3.8) is 0 Å². The average molecular weight is 219 g/mol. The normalized spacial score (nSPS) is 19.9. The largest absolute Gasteiger partial charge is 0.354 e. The van der Waals surface area contributed by atoms with Crippen molar-refractivity contribution in [2.75, 3.05) is 18.0 Å². The maximum atomic E-state index is 10.9. The van der Waals surface area contributed by atoms with Gasteiger partial charge in [0.1, 0.15) is 5.82 Å². The lowest BCUT2D eigenvalue weighted by Crippen LogP contribution is -2.35. The van der Waals surface area contributed by atoms with E-state index in [1.165, 1.54) is 5.56 Å². The fourth-order valence-corrected chi connectivity index (χ4v) is 2.02. The Morgan fingerprint density at radius 2 is 2.38 bits per heavy atom. The van der Waals surface area contributed by atoms with Gasteiger partial charge in [-0.2, -0.15) is 0 Å². The van der Waals surface area contributed by atoms with Crippen LogP contribution in [-0.4, -0.2) is 30.0 Å². The summed E-state index contributed by atoms with van der Waals surface area (Å²) < 4.78 is 0. The van der Waals surface area contributed by atoms with E-state index in [-0.39, 0.29) is 11.9 Å². The van der Waals surface area contributed by atoms with Crippen molar-refractivity contribution in [2.24, 2.45) is 0 Å². The maximum absolute atomic E-state index is 10.9. The van der Waals surface area contributed by atoms with Crippen LogP contribution in [0.2, 0.25) is 0 Å². The first-order valence-electron chi connectivity index (χ1n) is 5.60. The first kappa shape index (κ1) is 10.9. The number of nitrogens with zero attached hydrogens (tertiary/aromatic N) is 2. The van der Waals surface area contributed by atoms with E-state index in [2.05, 4.69) is 21.3 Å². The molecule has 1 fully saturated rings. The van der Waals surface area contributed by atoms with Crippen molar-refractivity contribution in [1.29, 1.82) is 0 Å². The molecule has 0 unspecified atom stereocenters. The highest BCUT2D eigenvalue weighted by Crippen LogP contribution is 2.17. The molecule has 4 heteroatoms. The van der Waals surface area contributed by atoms with Gasteiger partial charge in [-0.25, -0.2) is 4.98 Å². The van der Waals surface area contributed by atoms with E-state index in [1.807, 2.05) is 19.2 Å². The zero-order chi connectivity index (χ0) is 11.5. The second kappa shape index (κ2) is 4.51. The number of carbonyl (C=O) groups excluding carboxylic acids is 1. The highest BCUT2D eigenvalue weighted by atomic mass is 16.1. The minimum Gasteiger partial charge on any atom is -0.354 e. The fraction of sp³-hybridized carbons (Fsp3) is 0.500. The summed E-state index contributed by atoms with van der Waals surface area (Å²) in [5.41, 5.74) is 1.17. The average Bonchev–Trinajstić information content (AvgIpc) is 2.66. The van der Waals surface area contributed by atoms with E-state index in [0.29, 0.717) is 0 Å². The molecule has 1 aliphatic rings. The molecular formula is C12H17N3O. The van der Waals surface area contributed by atoms with Crippen molar-refractivity contribution in [3.8, 4) is 0 Å². The van der Waals surface area contributed by atoms with Crippen LogP contribution in [0.15, 0.2) is 18.3 Å². The van der Waals surface area contributed by atoms with Crippen molar-refractivity contribution in [1.82, 2.24) is 10.3 Å². The molecule has 1 aromatic rings. The molecular weight excluding hydrogens is 202 g/mol. The summed E-state index contributed by atoms with van der Waals surface area (Å²) in [6.45, 7) is 5.41. The summed E-state index contributed by atoms with van der Waals surface area (Å²) >= 11 is 0. The second-order valence-corrected chi connectivity index (χ2v) is 4.33. The van der Waals surface area contributed by atoms with Crippen LogP contribution in [-0.2, 0) is 4.79 Å². The van der Waals surface area contributed by atoms with Gasteiger partial charge in [-0.1, -0.05) is 6.07 Å². The lowest BCUT2D eigenvalue weighted by Gasteiger charge is -2.17.